The zero-order valence-electron chi connectivity index (χ0n) is 9.50. The number of hydrogen-bond acceptors (Lipinski definition) is 4. The zero-order chi connectivity index (χ0) is 13.4. The summed E-state index contributed by atoms with van der Waals surface area (Å²) < 4.78 is 5.54. The van der Waals surface area contributed by atoms with Crippen LogP contribution in [-0.2, 0) is 0 Å². The largest absolute Gasteiger partial charge is 0.478 e. The van der Waals surface area contributed by atoms with E-state index in [1.54, 1.807) is 24.4 Å². The minimum absolute atomic E-state index is 0.0951. The molecule has 0 aliphatic rings. The van der Waals surface area contributed by atoms with Crippen molar-refractivity contribution in [2.75, 3.05) is 0 Å². The van der Waals surface area contributed by atoms with Gasteiger partial charge in [-0.05, 0) is 18.2 Å². The molecule has 0 aliphatic heterocycles. The van der Waals surface area contributed by atoms with Crippen molar-refractivity contribution in [2.45, 2.75) is 0 Å². The van der Waals surface area contributed by atoms with Gasteiger partial charge in [0.25, 0.3) is 0 Å². The Balaban J connectivity index is 2.26. The first-order valence-electron chi connectivity index (χ1n) is 5.39. The van der Waals surface area contributed by atoms with Crippen LogP contribution in [0.5, 0.6) is 0 Å². The van der Waals surface area contributed by atoms with E-state index in [9.17, 15) is 4.79 Å². The molecule has 0 aliphatic carbocycles. The van der Waals surface area contributed by atoms with E-state index in [-0.39, 0.29) is 11.5 Å². The number of halogens is 1. The Morgan fingerprint density at radius 1 is 1.32 bits per heavy atom. The van der Waals surface area contributed by atoms with E-state index in [1.807, 2.05) is 0 Å². The molecule has 0 radical (unpaired) electrons. The molecule has 3 aromatic rings. The van der Waals surface area contributed by atoms with Crippen molar-refractivity contribution in [3.8, 4) is 11.5 Å². The van der Waals surface area contributed by atoms with Crippen LogP contribution in [0.15, 0.2) is 41.1 Å². The van der Waals surface area contributed by atoms with Gasteiger partial charge < -0.3 is 9.52 Å². The van der Waals surface area contributed by atoms with Gasteiger partial charge in [-0.25, -0.2) is 9.78 Å². The molecule has 0 unspecified atom stereocenters. The van der Waals surface area contributed by atoms with Gasteiger partial charge in [0, 0.05) is 12.4 Å². The molecule has 0 saturated heterocycles. The first-order chi connectivity index (χ1) is 9.16. The third kappa shape index (κ3) is 1.94. The molecule has 0 bridgehead atoms. The maximum absolute atomic E-state index is 11.1. The third-order valence-corrected chi connectivity index (χ3v) is 2.95. The van der Waals surface area contributed by atoms with E-state index in [1.165, 1.54) is 12.3 Å². The number of para-hydroxylation sites is 1. The van der Waals surface area contributed by atoms with Crippen LogP contribution in [0.1, 0.15) is 10.4 Å². The van der Waals surface area contributed by atoms with Crippen LogP contribution in [0, 0.1) is 0 Å². The summed E-state index contributed by atoms with van der Waals surface area (Å²) in [5.74, 6) is -0.776. The predicted molar refractivity (Wildman–Crippen MR) is 69.2 cm³/mol. The molecule has 3 rings (SSSR count). The summed E-state index contributed by atoms with van der Waals surface area (Å²) in [6.45, 7) is 0. The fraction of sp³-hybridized carbons (Fsp3) is 0. The molecule has 0 spiro atoms. The van der Waals surface area contributed by atoms with Gasteiger partial charge in [-0.15, -0.1) is 0 Å². The summed E-state index contributed by atoms with van der Waals surface area (Å²) >= 11 is 6.01. The van der Waals surface area contributed by atoms with Crippen molar-refractivity contribution < 1.29 is 14.3 Å². The summed E-state index contributed by atoms with van der Waals surface area (Å²) in [5.41, 5.74) is 1.38. The molecule has 6 heteroatoms. The molecule has 19 heavy (non-hydrogen) atoms. The van der Waals surface area contributed by atoms with Crippen LogP contribution in [0.4, 0.5) is 0 Å². The number of aromatic carboxylic acids is 1. The Labute approximate surface area is 112 Å². The molecule has 0 amide bonds. The smallest absolute Gasteiger partial charge is 0.338 e. The Morgan fingerprint density at radius 3 is 2.89 bits per heavy atom. The second-order valence-corrected chi connectivity index (χ2v) is 4.24. The molecular formula is C13H7ClN2O3. The van der Waals surface area contributed by atoms with Crippen LogP contribution in [0.3, 0.4) is 0 Å². The van der Waals surface area contributed by atoms with E-state index >= 15 is 0 Å². The first-order valence-corrected chi connectivity index (χ1v) is 5.77. The molecule has 1 aromatic carbocycles. The number of benzene rings is 1. The molecule has 94 valence electrons. The van der Waals surface area contributed by atoms with Crippen molar-refractivity contribution in [3.63, 3.8) is 0 Å². The minimum Gasteiger partial charge on any atom is -0.478 e. The second-order valence-electron chi connectivity index (χ2n) is 3.83. The van der Waals surface area contributed by atoms with Crippen LogP contribution in [0.25, 0.3) is 22.6 Å². The Bertz CT molecular complexity index is 782. The lowest BCUT2D eigenvalue weighted by Gasteiger charge is -1.96. The minimum atomic E-state index is -1.05. The summed E-state index contributed by atoms with van der Waals surface area (Å²) in [5, 5.41) is 9.49. The predicted octanol–water partition coefficient (Wildman–Crippen LogP) is 3.24. The van der Waals surface area contributed by atoms with Crippen molar-refractivity contribution in [3.05, 3.63) is 47.2 Å². The van der Waals surface area contributed by atoms with Gasteiger partial charge in [-0.2, -0.15) is 0 Å². The number of carboxylic acid groups (broad SMARTS) is 1. The lowest BCUT2D eigenvalue weighted by Crippen LogP contribution is -1.96. The lowest BCUT2D eigenvalue weighted by molar-refractivity contribution is 0.0699. The van der Waals surface area contributed by atoms with Gasteiger partial charge in [0.1, 0.15) is 5.52 Å². The van der Waals surface area contributed by atoms with Crippen molar-refractivity contribution in [1.82, 2.24) is 9.97 Å². The summed E-state index contributed by atoms with van der Waals surface area (Å²) in [6, 6.07) is 6.40. The molecular weight excluding hydrogens is 268 g/mol. The van der Waals surface area contributed by atoms with Crippen LogP contribution >= 0.6 is 11.6 Å². The third-order valence-electron chi connectivity index (χ3n) is 2.65. The number of carboxylic acids is 1. The average molecular weight is 275 g/mol. The average Bonchev–Trinajstić information content (AvgIpc) is 2.82. The second kappa shape index (κ2) is 4.37. The molecule has 5 nitrogen and oxygen atoms in total. The van der Waals surface area contributed by atoms with Crippen LogP contribution < -0.4 is 0 Å². The highest BCUT2D eigenvalue weighted by atomic mass is 35.5. The van der Waals surface area contributed by atoms with E-state index in [0.29, 0.717) is 21.7 Å². The van der Waals surface area contributed by atoms with E-state index in [2.05, 4.69) is 9.97 Å². The van der Waals surface area contributed by atoms with Crippen LogP contribution in [0.2, 0.25) is 5.02 Å². The topological polar surface area (TPSA) is 76.2 Å². The lowest BCUT2D eigenvalue weighted by atomic mass is 10.2. The summed E-state index contributed by atoms with van der Waals surface area (Å²) in [7, 11) is 0. The standard InChI is InChI=1S/C13H7ClN2O3/c14-9-6-15-5-4-7(9)12-16-11-8(13(17)18)2-1-3-10(11)19-12/h1-6H,(H,17,18). The summed E-state index contributed by atoms with van der Waals surface area (Å²) in [4.78, 5) is 19.2. The number of aromatic nitrogens is 2. The van der Waals surface area contributed by atoms with Gasteiger partial charge in [0.05, 0.1) is 16.1 Å². The number of fused-ring (bicyclic) bond motifs is 1. The zero-order valence-corrected chi connectivity index (χ0v) is 10.3. The number of rotatable bonds is 2. The van der Waals surface area contributed by atoms with Crippen LogP contribution in [-0.4, -0.2) is 21.0 Å². The van der Waals surface area contributed by atoms with Gasteiger partial charge in [-0.1, -0.05) is 17.7 Å². The first kappa shape index (κ1) is 11.7. The number of oxazole rings is 1. The molecule has 2 heterocycles. The molecule has 1 N–H and O–H groups in total. The monoisotopic (exact) mass is 274 g/mol. The van der Waals surface area contributed by atoms with E-state index in [4.69, 9.17) is 21.1 Å². The molecule has 0 atom stereocenters. The molecule has 0 saturated carbocycles. The fourth-order valence-electron chi connectivity index (χ4n) is 1.78. The quantitative estimate of drug-likeness (QED) is 0.776. The van der Waals surface area contributed by atoms with Crippen molar-refractivity contribution in [1.29, 1.82) is 0 Å². The van der Waals surface area contributed by atoms with Gasteiger partial charge in [0.15, 0.2) is 5.58 Å². The normalized spacial score (nSPS) is 10.8. The van der Waals surface area contributed by atoms with Gasteiger partial charge in [0.2, 0.25) is 5.89 Å². The molecule has 2 aromatic heterocycles. The number of pyridine rings is 1. The summed E-state index contributed by atoms with van der Waals surface area (Å²) in [6.07, 6.45) is 3.04. The highest BCUT2D eigenvalue weighted by Gasteiger charge is 2.16. The highest BCUT2D eigenvalue weighted by Crippen LogP contribution is 2.30. The highest BCUT2D eigenvalue weighted by molar-refractivity contribution is 6.33. The van der Waals surface area contributed by atoms with E-state index in [0.717, 1.165) is 0 Å². The SMILES string of the molecule is O=C(O)c1cccc2oc(-c3ccncc3Cl)nc12. The maximum atomic E-state index is 11.1. The van der Waals surface area contributed by atoms with E-state index < -0.39 is 5.97 Å². The van der Waals surface area contributed by atoms with Crippen molar-refractivity contribution >= 4 is 28.7 Å². The Morgan fingerprint density at radius 2 is 2.16 bits per heavy atom. The molecule has 0 fully saturated rings. The van der Waals surface area contributed by atoms with Gasteiger partial charge in [-0.3, -0.25) is 4.98 Å². The number of carbonyl (C=O) groups is 1. The Kier molecular flexibility index (Phi) is 2.68. The number of hydrogen-bond donors (Lipinski definition) is 1. The van der Waals surface area contributed by atoms with Crippen molar-refractivity contribution in [2.24, 2.45) is 0 Å². The number of nitrogens with zero attached hydrogens (tertiary/aromatic N) is 2. The van der Waals surface area contributed by atoms with Gasteiger partial charge >= 0.3 is 5.97 Å². The fourth-order valence-corrected chi connectivity index (χ4v) is 1.99. The Hall–Kier alpha value is -2.40. The maximum Gasteiger partial charge on any atom is 0.338 e.